The molecule has 0 bridgehead atoms. The molecule has 0 aliphatic rings. The average Bonchev–Trinajstić information content (AvgIpc) is 2.43. The number of ether oxygens (including phenoxy) is 2. The van der Waals surface area contributed by atoms with Crippen LogP contribution in [0.5, 0.6) is 0 Å². The Balaban J connectivity index is 2.50. The summed E-state index contributed by atoms with van der Waals surface area (Å²) in [5, 5.41) is 13.1. The molecule has 0 aromatic heterocycles. The number of rotatable bonds is 6. The molecule has 0 fully saturated rings. The van der Waals surface area contributed by atoms with Gasteiger partial charge in [-0.1, -0.05) is 30.3 Å². The predicted molar refractivity (Wildman–Crippen MR) is 79.0 cm³/mol. The predicted octanol–water partition coefficient (Wildman–Crippen LogP) is 0.763. The molecule has 23 heavy (non-hydrogen) atoms. The maximum absolute atomic E-state index is 11.7. The number of amides is 1. The number of alkyl carbamates (subject to hydrolysis) is 1. The van der Waals surface area contributed by atoms with Gasteiger partial charge in [0.05, 0.1) is 18.4 Å². The fourth-order valence-corrected chi connectivity index (χ4v) is 1.61. The largest absolute Gasteiger partial charge is 0.548 e. The van der Waals surface area contributed by atoms with Gasteiger partial charge in [0.25, 0.3) is 0 Å². The van der Waals surface area contributed by atoms with Gasteiger partial charge in [-0.3, -0.25) is 4.79 Å². The molecule has 0 saturated heterocycles. The first-order valence-electron chi connectivity index (χ1n) is 7.07. The molecular weight excluding hydrogens is 302 g/mol. The van der Waals surface area contributed by atoms with Crippen LogP contribution in [0, 0.1) is 0 Å². The van der Waals surface area contributed by atoms with Crippen molar-refractivity contribution in [3.8, 4) is 0 Å². The van der Waals surface area contributed by atoms with Gasteiger partial charge in [0.15, 0.2) is 0 Å². The van der Waals surface area contributed by atoms with Crippen molar-refractivity contribution in [1.82, 2.24) is 5.32 Å². The van der Waals surface area contributed by atoms with Crippen molar-refractivity contribution in [2.24, 2.45) is 0 Å². The van der Waals surface area contributed by atoms with Gasteiger partial charge in [0, 0.05) is 0 Å². The lowest BCUT2D eigenvalue weighted by atomic mass is 10.2. The highest BCUT2D eigenvalue weighted by Crippen LogP contribution is 2.08. The Labute approximate surface area is 134 Å². The maximum Gasteiger partial charge on any atom is 0.408 e. The molecule has 1 N–H and O–H groups in total. The van der Waals surface area contributed by atoms with Gasteiger partial charge in [0.2, 0.25) is 0 Å². The lowest BCUT2D eigenvalue weighted by Gasteiger charge is -2.23. The Morgan fingerprint density at radius 3 is 2.30 bits per heavy atom. The lowest BCUT2D eigenvalue weighted by molar-refractivity contribution is -0.308. The third-order valence-corrected chi connectivity index (χ3v) is 2.59. The molecule has 1 rings (SSSR count). The van der Waals surface area contributed by atoms with Crippen LogP contribution in [0.3, 0.4) is 0 Å². The average molecular weight is 322 g/mol. The minimum Gasteiger partial charge on any atom is -0.548 e. The van der Waals surface area contributed by atoms with E-state index in [0.717, 1.165) is 5.56 Å². The van der Waals surface area contributed by atoms with Crippen molar-refractivity contribution in [1.29, 1.82) is 0 Å². The van der Waals surface area contributed by atoms with Crippen molar-refractivity contribution >= 4 is 18.0 Å². The molecule has 1 amide bonds. The van der Waals surface area contributed by atoms with Gasteiger partial charge in [-0.05, 0) is 26.3 Å². The highest BCUT2D eigenvalue weighted by atomic mass is 16.6. The molecule has 0 aliphatic heterocycles. The normalized spacial score (nSPS) is 12.1. The second kappa shape index (κ2) is 8.17. The summed E-state index contributed by atoms with van der Waals surface area (Å²) in [4.78, 5) is 34.3. The van der Waals surface area contributed by atoms with Crippen LogP contribution in [0.1, 0.15) is 32.8 Å². The van der Waals surface area contributed by atoms with Crippen LogP contribution in [-0.2, 0) is 25.7 Å². The van der Waals surface area contributed by atoms with Crippen LogP contribution >= 0.6 is 0 Å². The monoisotopic (exact) mass is 322 g/mol. The van der Waals surface area contributed by atoms with Crippen molar-refractivity contribution in [2.45, 2.75) is 45.4 Å². The van der Waals surface area contributed by atoms with Gasteiger partial charge >= 0.3 is 12.1 Å². The lowest BCUT2D eigenvalue weighted by Crippen LogP contribution is -2.50. The van der Waals surface area contributed by atoms with Gasteiger partial charge in [-0.2, -0.15) is 0 Å². The molecule has 1 aromatic carbocycles. The number of esters is 1. The van der Waals surface area contributed by atoms with E-state index in [-0.39, 0.29) is 6.61 Å². The second-order valence-corrected chi connectivity index (χ2v) is 5.87. The van der Waals surface area contributed by atoms with E-state index in [0.29, 0.717) is 0 Å². The number of carbonyl (C=O) groups excluding carboxylic acids is 3. The Morgan fingerprint density at radius 1 is 1.17 bits per heavy atom. The van der Waals surface area contributed by atoms with Crippen LogP contribution < -0.4 is 10.4 Å². The molecule has 0 aliphatic carbocycles. The Hall–Kier alpha value is -2.57. The highest BCUT2D eigenvalue weighted by Gasteiger charge is 2.22. The number of benzene rings is 1. The fraction of sp³-hybridized carbons (Fsp3) is 0.438. The summed E-state index contributed by atoms with van der Waals surface area (Å²) < 4.78 is 9.91. The molecule has 1 aromatic rings. The summed E-state index contributed by atoms with van der Waals surface area (Å²) in [6.45, 7) is 4.92. The molecule has 1 atom stereocenters. The van der Waals surface area contributed by atoms with Crippen LogP contribution in [-0.4, -0.2) is 29.7 Å². The van der Waals surface area contributed by atoms with Gasteiger partial charge in [-0.15, -0.1) is 0 Å². The first-order chi connectivity index (χ1) is 10.7. The molecule has 0 spiro atoms. The molecule has 0 saturated carbocycles. The van der Waals surface area contributed by atoms with E-state index in [4.69, 9.17) is 9.47 Å². The third-order valence-electron chi connectivity index (χ3n) is 2.59. The van der Waals surface area contributed by atoms with Gasteiger partial charge in [0.1, 0.15) is 12.2 Å². The summed E-state index contributed by atoms with van der Waals surface area (Å²) in [7, 11) is 0. The molecular formula is C16H20NO6-. The topological polar surface area (TPSA) is 105 Å². The van der Waals surface area contributed by atoms with Crippen LogP contribution in [0.2, 0.25) is 0 Å². The zero-order chi connectivity index (χ0) is 17.5. The maximum atomic E-state index is 11.7. The first kappa shape index (κ1) is 18.5. The van der Waals surface area contributed by atoms with Crippen LogP contribution in [0.4, 0.5) is 4.79 Å². The molecule has 7 heteroatoms. The number of hydrogen-bond donors (Lipinski definition) is 1. The van der Waals surface area contributed by atoms with Crippen molar-refractivity contribution < 1.29 is 29.0 Å². The molecule has 0 heterocycles. The van der Waals surface area contributed by atoms with Crippen LogP contribution in [0.15, 0.2) is 30.3 Å². The first-order valence-corrected chi connectivity index (χ1v) is 7.07. The smallest absolute Gasteiger partial charge is 0.408 e. The number of carbonyl (C=O) groups is 3. The zero-order valence-electron chi connectivity index (χ0n) is 13.3. The Morgan fingerprint density at radius 2 is 1.78 bits per heavy atom. The summed E-state index contributed by atoms with van der Waals surface area (Å²) in [5.41, 5.74) is -0.0140. The molecule has 0 radical (unpaired) electrons. The second-order valence-electron chi connectivity index (χ2n) is 5.87. The van der Waals surface area contributed by atoms with Crippen molar-refractivity contribution in [2.75, 3.05) is 0 Å². The molecule has 7 nitrogen and oxygen atoms in total. The Bertz CT molecular complexity index is 549. The van der Waals surface area contributed by atoms with Crippen molar-refractivity contribution in [3.63, 3.8) is 0 Å². The third kappa shape index (κ3) is 7.85. The number of carboxylic acids is 1. The van der Waals surface area contributed by atoms with E-state index in [9.17, 15) is 19.5 Å². The quantitative estimate of drug-likeness (QED) is 0.775. The summed E-state index contributed by atoms with van der Waals surface area (Å²) in [6, 6.07) is 7.41. The molecule has 126 valence electrons. The van der Waals surface area contributed by atoms with E-state index in [1.807, 2.05) is 6.07 Å². The van der Waals surface area contributed by atoms with Gasteiger partial charge < -0.3 is 24.7 Å². The minimum atomic E-state index is -1.59. The van der Waals surface area contributed by atoms with E-state index in [2.05, 4.69) is 5.32 Å². The number of hydrogen-bond acceptors (Lipinski definition) is 6. The van der Waals surface area contributed by atoms with Crippen LogP contribution in [0.25, 0.3) is 0 Å². The minimum absolute atomic E-state index is 0.0197. The summed E-state index contributed by atoms with van der Waals surface area (Å²) in [5.74, 6) is -2.35. The Kier molecular flexibility index (Phi) is 6.56. The summed E-state index contributed by atoms with van der Waals surface area (Å²) >= 11 is 0. The number of nitrogens with one attached hydrogen (secondary N) is 1. The fourth-order valence-electron chi connectivity index (χ4n) is 1.61. The van der Waals surface area contributed by atoms with E-state index >= 15 is 0 Å². The van der Waals surface area contributed by atoms with E-state index < -0.39 is 36.1 Å². The van der Waals surface area contributed by atoms with Gasteiger partial charge in [-0.25, -0.2) is 4.79 Å². The SMILES string of the molecule is CC(C)(C)OC(=O)N[C@H](CC(=O)OCc1ccccc1)C(=O)[O-]. The standard InChI is InChI=1S/C16H21NO6/c1-16(2,3)23-15(21)17-12(14(19)20)9-13(18)22-10-11-7-5-4-6-8-11/h4-8,12H,9-10H2,1-3H3,(H,17,21)(H,19,20)/p-1/t12-/m1/s1. The molecule has 0 unspecified atom stereocenters. The zero-order valence-corrected chi connectivity index (χ0v) is 13.3. The highest BCUT2D eigenvalue weighted by molar-refractivity contribution is 5.84. The van der Waals surface area contributed by atoms with Crippen molar-refractivity contribution in [3.05, 3.63) is 35.9 Å². The number of carboxylic acid groups (broad SMARTS) is 1. The van der Waals surface area contributed by atoms with E-state index in [1.165, 1.54) is 0 Å². The summed E-state index contributed by atoms with van der Waals surface area (Å²) in [6.07, 6.45) is -1.49. The number of aliphatic carboxylic acids is 1. The van der Waals surface area contributed by atoms with E-state index in [1.54, 1.807) is 45.0 Å².